The van der Waals surface area contributed by atoms with Gasteiger partial charge in [-0.05, 0) is 68.3 Å². The molecular formula is C22H22ClN5O5S2. The molecule has 2 N–H and O–H groups in total. The second kappa shape index (κ2) is 9.90. The first kappa shape index (κ1) is 25.0. The Kier molecular flexibility index (Phi) is 7.08. The van der Waals surface area contributed by atoms with E-state index >= 15 is 0 Å². The molecule has 184 valence electrons. The van der Waals surface area contributed by atoms with Crippen LogP contribution in [-0.4, -0.2) is 50.1 Å². The third kappa shape index (κ3) is 5.61. The van der Waals surface area contributed by atoms with Crippen molar-refractivity contribution in [2.75, 3.05) is 23.1 Å². The van der Waals surface area contributed by atoms with Crippen molar-refractivity contribution in [2.24, 2.45) is 0 Å². The topological polar surface area (TPSA) is 138 Å². The first-order valence-electron chi connectivity index (χ1n) is 10.6. The van der Waals surface area contributed by atoms with Crippen LogP contribution in [0.25, 0.3) is 0 Å². The summed E-state index contributed by atoms with van der Waals surface area (Å²) in [7, 11) is -7.75. The number of halogens is 1. The number of benzene rings is 2. The van der Waals surface area contributed by atoms with Crippen molar-refractivity contribution in [3.63, 3.8) is 0 Å². The Balaban J connectivity index is 1.50. The van der Waals surface area contributed by atoms with Gasteiger partial charge in [-0.15, -0.1) is 0 Å². The van der Waals surface area contributed by atoms with Gasteiger partial charge in [0.1, 0.15) is 4.90 Å². The monoisotopic (exact) mass is 535 g/mol. The average molecular weight is 536 g/mol. The number of aryl methyl sites for hydroxylation is 1. The third-order valence-electron chi connectivity index (χ3n) is 5.32. The predicted molar refractivity (Wildman–Crippen MR) is 131 cm³/mol. The van der Waals surface area contributed by atoms with Gasteiger partial charge in [-0.2, -0.15) is 4.31 Å². The minimum atomic E-state index is -3.94. The summed E-state index contributed by atoms with van der Waals surface area (Å²) < 4.78 is 54.6. The van der Waals surface area contributed by atoms with Crippen LogP contribution in [0.15, 0.2) is 64.5 Å². The van der Waals surface area contributed by atoms with E-state index in [0.717, 1.165) is 12.8 Å². The van der Waals surface area contributed by atoms with E-state index in [1.807, 2.05) is 0 Å². The molecule has 10 nitrogen and oxygen atoms in total. The van der Waals surface area contributed by atoms with Crippen molar-refractivity contribution in [3.05, 3.63) is 71.0 Å². The van der Waals surface area contributed by atoms with Gasteiger partial charge in [0.25, 0.3) is 15.9 Å². The van der Waals surface area contributed by atoms with Crippen molar-refractivity contribution < 1.29 is 21.6 Å². The standard InChI is InChI=1S/C22H22ClN5O5S2/c1-15-10-11-24-22(25-15)27-34(30,31)18-7-5-17(6-8-18)26-21(29)16-4-9-19(23)20(14-16)35(32,33)28-12-2-3-13-28/h4-11,14H,2-3,12-13H2,1H3,(H,26,29)(H,24,25,27). The Labute approximate surface area is 208 Å². The summed E-state index contributed by atoms with van der Waals surface area (Å²) in [4.78, 5) is 20.5. The minimum absolute atomic E-state index is 0.0353. The van der Waals surface area contributed by atoms with Crippen LogP contribution in [0.1, 0.15) is 28.9 Å². The first-order chi connectivity index (χ1) is 16.6. The van der Waals surface area contributed by atoms with Crippen molar-refractivity contribution in [1.82, 2.24) is 14.3 Å². The van der Waals surface area contributed by atoms with E-state index in [0.29, 0.717) is 24.5 Å². The fourth-order valence-electron chi connectivity index (χ4n) is 3.51. The molecule has 4 rings (SSSR count). The molecule has 2 aromatic carbocycles. The van der Waals surface area contributed by atoms with Crippen molar-refractivity contribution in [2.45, 2.75) is 29.6 Å². The molecule has 13 heteroatoms. The van der Waals surface area contributed by atoms with Crippen LogP contribution >= 0.6 is 11.6 Å². The second-order valence-corrected chi connectivity index (χ2v) is 11.9. The van der Waals surface area contributed by atoms with Crippen molar-refractivity contribution in [1.29, 1.82) is 0 Å². The average Bonchev–Trinajstić information content (AvgIpc) is 3.35. The molecule has 1 aliphatic heterocycles. The molecule has 1 aliphatic rings. The lowest BCUT2D eigenvalue weighted by Gasteiger charge is -2.17. The lowest BCUT2D eigenvalue weighted by atomic mass is 10.2. The smallest absolute Gasteiger partial charge is 0.264 e. The third-order valence-corrected chi connectivity index (χ3v) is 9.04. The number of hydrogen-bond donors (Lipinski definition) is 2. The Morgan fingerprint density at radius 3 is 2.34 bits per heavy atom. The van der Waals surface area contributed by atoms with Crippen molar-refractivity contribution in [3.8, 4) is 0 Å². The normalized spacial score (nSPS) is 14.6. The van der Waals surface area contributed by atoms with E-state index in [2.05, 4.69) is 20.0 Å². The molecule has 0 atom stereocenters. The fraction of sp³-hybridized carbons (Fsp3) is 0.227. The lowest BCUT2D eigenvalue weighted by Crippen LogP contribution is -2.28. The highest BCUT2D eigenvalue weighted by molar-refractivity contribution is 7.92. The zero-order valence-corrected chi connectivity index (χ0v) is 21.0. The highest BCUT2D eigenvalue weighted by atomic mass is 35.5. The largest absolute Gasteiger partial charge is 0.322 e. The van der Waals surface area contributed by atoms with E-state index in [9.17, 15) is 21.6 Å². The van der Waals surface area contributed by atoms with Crippen molar-refractivity contribution >= 4 is 49.2 Å². The zero-order valence-electron chi connectivity index (χ0n) is 18.6. The summed E-state index contributed by atoms with van der Waals surface area (Å²) in [6, 6.07) is 11.1. The molecule has 0 bridgehead atoms. The maximum absolute atomic E-state index is 12.9. The predicted octanol–water partition coefficient (Wildman–Crippen LogP) is 3.28. The molecule has 1 fully saturated rings. The van der Waals surface area contributed by atoms with Crippen LogP contribution in [0.3, 0.4) is 0 Å². The molecule has 0 unspecified atom stereocenters. The number of carbonyl (C=O) groups is 1. The molecule has 1 saturated heterocycles. The van der Waals surface area contributed by atoms with E-state index in [-0.39, 0.29) is 26.3 Å². The zero-order chi connectivity index (χ0) is 25.2. The summed E-state index contributed by atoms with van der Waals surface area (Å²) in [6.45, 7) is 2.53. The maximum atomic E-state index is 12.9. The summed E-state index contributed by atoms with van der Waals surface area (Å²) in [5, 5.41) is 2.67. The molecule has 2 heterocycles. The summed E-state index contributed by atoms with van der Waals surface area (Å²) in [5.74, 6) is -0.619. The first-order valence-corrected chi connectivity index (χ1v) is 13.9. The van der Waals surface area contributed by atoms with Crippen LogP contribution in [0.4, 0.5) is 11.6 Å². The van der Waals surface area contributed by atoms with Gasteiger partial charge >= 0.3 is 0 Å². The van der Waals surface area contributed by atoms with E-state index in [1.165, 1.54) is 53.0 Å². The number of sulfonamides is 2. The van der Waals surface area contributed by atoms with Gasteiger partial charge < -0.3 is 5.32 Å². The number of carbonyl (C=O) groups excluding carboxylic acids is 1. The second-order valence-electron chi connectivity index (χ2n) is 7.86. The molecule has 3 aromatic rings. The van der Waals surface area contributed by atoms with Gasteiger partial charge in [0.15, 0.2) is 0 Å². The highest BCUT2D eigenvalue weighted by Gasteiger charge is 2.29. The van der Waals surface area contributed by atoms with Gasteiger partial charge in [-0.25, -0.2) is 31.5 Å². The van der Waals surface area contributed by atoms with E-state index < -0.39 is 26.0 Å². The maximum Gasteiger partial charge on any atom is 0.264 e. The summed E-state index contributed by atoms with van der Waals surface area (Å²) in [5.41, 5.74) is 1.02. The number of amides is 1. The van der Waals surface area contributed by atoms with Crippen LogP contribution < -0.4 is 10.0 Å². The number of hydrogen-bond acceptors (Lipinski definition) is 7. The fourth-order valence-corrected chi connectivity index (χ4v) is 6.48. The Morgan fingerprint density at radius 1 is 1.00 bits per heavy atom. The van der Waals surface area contributed by atoms with E-state index in [4.69, 9.17) is 11.6 Å². The summed E-state index contributed by atoms with van der Waals surface area (Å²) >= 11 is 6.14. The van der Waals surface area contributed by atoms with E-state index in [1.54, 1.807) is 13.0 Å². The van der Waals surface area contributed by atoms with Gasteiger partial charge in [-0.3, -0.25) is 4.79 Å². The minimum Gasteiger partial charge on any atom is -0.322 e. The van der Waals surface area contributed by atoms with Gasteiger partial charge in [0.2, 0.25) is 16.0 Å². The molecule has 0 radical (unpaired) electrons. The SMILES string of the molecule is Cc1ccnc(NS(=O)(=O)c2ccc(NC(=O)c3ccc(Cl)c(S(=O)(=O)N4CCCC4)c3)cc2)n1. The molecule has 1 aromatic heterocycles. The molecular weight excluding hydrogens is 514 g/mol. The number of rotatable bonds is 7. The number of anilines is 2. The molecule has 0 spiro atoms. The Morgan fingerprint density at radius 2 is 1.69 bits per heavy atom. The molecule has 0 saturated carbocycles. The van der Waals surface area contributed by atoms with Crippen LogP contribution in [0.2, 0.25) is 5.02 Å². The molecule has 0 aliphatic carbocycles. The van der Waals surface area contributed by atoms with Crippen LogP contribution in [0.5, 0.6) is 0 Å². The lowest BCUT2D eigenvalue weighted by molar-refractivity contribution is 0.102. The number of aromatic nitrogens is 2. The number of nitrogens with zero attached hydrogens (tertiary/aromatic N) is 3. The van der Waals surface area contributed by atoms with Gasteiger partial charge in [0.05, 0.1) is 9.92 Å². The number of nitrogens with one attached hydrogen (secondary N) is 2. The summed E-state index contributed by atoms with van der Waals surface area (Å²) in [6.07, 6.45) is 2.99. The van der Waals surface area contributed by atoms with Gasteiger partial charge in [0, 0.05) is 36.2 Å². The molecule has 1 amide bonds. The van der Waals surface area contributed by atoms with Crippen LogP contribution in [-0.2, 0) is 20.0 Å². The Bertz CT molecular complexity index is 1470. The highest BCUT2D eigenvalue weighted by Crippen LogP contribution is 2.28. The molecule has 35 heavy (non-hydrogen) atoms. The van der Waals surface area contributed by atoms with Gasteiger partial charge in [-0.1, -0.05) is 11.6 Å². The van der Waals surface area contributed by atoms with Crippen LogP contribution in [0, 0.1) is 6.92 Å². The quantitative estimate of drug-likeness (QED) is 0.473. The Hall–Kier alpha value is -3.06.